The third-order valence-corrected chi connectivity index (χ3v) is 6.44. The molecule has 0 bridgehead atoms. The van der Waals surface area contributed by atoms with Crippen molar-refractivity contribution in [2.45, 2.75) is 26.4 Å². The molecule has 0 atom stereocenters. The van der Waals surface area contributed by atoms with Gasteiger partial charge in [0.15, 0.2) is 5.60 Å². The van der Waals surface area contributed by atoms with Crippen LogP contribution in [0, 0.1) is 6.92 Å². The lowest BCUT2D eigenvalue weighted by Gasteiger charge is -2.26. The number of nitrogens with one attached hydrogen (secondary N) is 1. The Bertz CT molecular complexity index is 1180. The van der Waals surface area contributed by atoms with E-state index in [1.165, 1.54) is 0 Å². The monoisotopic (exact) mass is 480 g/mol. The van der Waals surface area contributed by atoms with Gasteiger partial charge in [-0.2, -0.15) is 0 Å². The molecule has 0 fully saturated rings. The van der Waals surface area contributed by atoms with Crippen LogP contribution in [0.25, 0.3) is 20.8 Å². The Labute approximate surface area is 188 Å². The number of hydrogen-bond acceptors (Lipinski definition) is 4. The molecular weight excluding hydrogens is 460 g/mol. The van der Waals surface area contributed by atoms with Crippen molar-refractivity contribution in [3.05, 3.63) is 76.8 Å². The highest BCUT2D eigenvalue weighted by atomic mass is 79.9. The fraction of sp³-hybridized carbons (Fsp3) is 0.167. The lowest BCUT2D eigenvalue weighted by atomic mass is 10.0. The molecule has 0 aliphatic heterocycles. The molecule has 1 N–H and O–H groups in total. The number of rotatable bonds is 5. The van der Waals surface area contributed by atoms with Gasteiger partial charge in [-0.05, 0) is 68.8 Å². The van der Waals surface area contributed by atoms with E-state index in [0.717, 1.165) is 36.5 Å². The van der Waals surface area contributed by atoms with Crippen molar-refractivity contribution < 1.29 is 9.53 Å². The first-order valence-electron chi connectivity index (χ1n) is 9.55. The molecule has 152 valence electrons. The standard InChI is InChI=1S/C24H21BrN2O2S/c1-15-18(22-26-20-8-4-5-10-21(20)30-22)7-6-9-19(15)27-23(28)24(2,3)29-17-13-11-16(25)12-14-17/h4-14H,1-3H3,(H,27,28). The van der Waals surface area contributed by atoms with Crippen molar-refractivity contribution in [2.24, 2.45) is 0 Å². The summed E-state index contributed by atoms with van der Waals surface area (Å²) in [5, 5.41) is 3.97. The number of para-hydroxylation sites is 1. The Balaban J connectivity index is 1.57. The Hall–Kier alpha value is -2.70. The number of thiazole rings is 1. The smallest absolute Gasteiger partial charge is 0.267 e. The number of fused-ring (bicyclic) bond motifs is 1. The van der Waals surface area contributed by atoms with E-state index in [0.29, 0.717) is 5.75 Å². The maximum absolute atomic E-state index is 13.0. The van der Waals surface area contributed by atoms with Gasteiger partial charge in [-0.15, -0.1) is 11.3 Å². The van der Waals surface area contributed by atoms with Crippen molar-refractivity contribution in [3.8, 4) is 16.3 Å². The summed E-state index contributed by atoms with van der Waals surface area (Å²) >= 11 is 5.05. The van der Waals surface area contributed by atoms with E-state index in [4.69, 9.17) is 9.72 Å². The topological polar surface area (TPSA) is 51.2 Å². The van der Waals surface area contributed by atoms with Gasteiger partial charge in [-0.25, -0.2) is 4.98 Å². The van der Waals surface area contributed by atoms with Gasteiger partial charge in [0.05, 0.1) is 10.2 Å². The van der Waals surface area contributed by atoms with Crippen LogP contribution in [-0.4, -0.2) is 16.5 Å². The van der Waals surface area contributed by atoms with Crippen molar-refractivity contribution in [1.29, 1.82) is 0 Å². The number of anilines is 1. The highest BCUT2D eigenvalue weighted by molar-refractivity contribution is 9.10. The number of amides is 1. The number of aromatic nitrogens is 1. The fourth-order valence-electron chi connectivity index (χ4n) is 3.11. The molecule has 0 radical (unpaired) electrons. The number of benzene rings is 3. The Kier molecular flexibility index (Phi) is 5.62. The van der Waals surface area contributed by atoms with Crippen LogP contribution in [0.1, 0.15) is 19.4 Å². The molecule has 0 aliphatic carbocycles. The van der Waals surface area contributed by atoms with Gasteiger partial charge in [-0.3, -0.25) is 4.79 Å². The zero-order valence-corrected chi connectivity index (χ0v) is 19.3. The van der Waals surface area contributed by atoms with Crippen LogP contribution in [0.2, 0.25) is 0 Å². The normalized spacial score (nSPS) is 11.5. The van der Waals surface area contributed by atoms with Gasteiger partial charge in [0.25, 0.3) is 5.91 Å². The van der Waals surface area contributed by atoms with Crippen molar-refractivity contribution >= 4 is 49.1 Å². The number of carbonyl (C=O) groups excluding carboxylic acids is 1. The average Bonchev–Trinajstić information content (AvgIpc) is 3.15. The molecule has 30 heavy (non-hydrogen) atoms. The predicted octanol–water partition coefficient (Wildman–Crippen LogP) is 6.83. The van der Waals surface area contributed by atoms with Crippen LogP contribution in [0.3, 0.4) is 0 Å². The zero-order valence-electron chi connectivity index (χ0n) is 16.9. The van der Waals surface area contributed by atoms with Gasteiger partial charge < -0.3 is 10.1 Å². The quantitative estimate of drug-likeness (QED) is 0.340. The molecule has 6 heteroatoms. The first kappa shape index (κ1) is 20.6. The van der Waals surface area contributed by atoms with E-state index in [9.17, 15) is 4.79 Å². The molecule has 0 saturated carbocycles. The lowest BCUT2D eigenvalue weighted by Crippen LogP contribution is -2.42. The van der Waals surface area contributed by atoms with Crippen molar-refractivity contribution in [1.82, 2.24) is 4.98 Å². The number of halogens is 1. The first-order valence-corrected chi connectivity index (χ1v) is 11.2. The second-order valence-corrected chi connectivity index (χ2v) is 9.43. The third kappa shape index (κ3) is 4.25. The molecule has 4 aromatic rings. The number of hydrogen-bond donors (Lipinski definition) is 1. The summed E-state index contributed by atoms with van der Waals surface area (Å²) in [5.74, 6) is 0.424. The van der Waals surface area contributed by atoms with E-state index in [-0.39, 0.29) is 5.91 Å². The Morgan fingerprint density at radius 1 is 1.03 bits per heavy atom. The van der Waals surface area contributed by atoms with Crippen molar-refractivity contribution in [3.63, 3.8) is 0 Å². The van der Waals surface area contributed by atoms with Crippen LogP contribution >= 0.6 is 27.3 Å². The molecule has 1 heterocycles. The first-order chi connectivity index (χ1) is 14.3. The summed E-state index contributed by atoms with van der Waals surface area (Å²) in [6.45, 7) is 5.52. The van der Waals surface area contributed by atoms with E-state index in [1.54, 1.807) is 25.2 Å². The molecule has 1 aromatic heterocycles. The van der Waals surface area contributed by atoms with Gasteiger partial charge >= 0.3 is 0 Å². The van der Waals surface area contributed by atoms with Gasteiger partial charge in [0, 0.05) is 15.7 Å². The number of carbonyl (C=O) groups is 1. The third-order valence-electron chi connectivity index (χ3n) is 4.84. The maximum atomic E-state index is 13.0. The molecule has 0 aliphatic rings. The van der Waals surface area contributed by atoms with Crippen LogP contribution in [0.15, 0.2) is 71.2 Å². The SMILES string of the molecule is Cc1c(NC(=O)C(C)(C)Oc2ccc(Br)cc2)cccc1-c1nc2ccccc2s1. The number of nitrogens with zero attached hydrogens (tertiary/aromatic N) is 1. The summed E-state index contributed by atoms with van der Waals surface area (Å²) < 4.78 is 8.04. The second kappa shape index (κ2) is 8.20. The van der Waals surface area contributed by atoms with Crippen LogP contribution < -0.4 is 10.1 Å². The molecule has 3 aromatic carbocycles. The van der Waals surface area contributed by atoms with E-state index in [1.807, 2.05) is 67.6 Å². The molecular formula is C24H21BrN2O2S. The fourth-order valence-corrected chi connectivity index (χ4v) is 4.42. The van der Waals surface area contributed by atoms with Crippen LogP contribution in [-0.2, 0) is 4.79 Å². The maximum Gasteiger partial charge on any atom is 0.267 e. The van der Waals surface area contributed by atoms with Crippen LogP contribution in [0.4, 0.5) is 5.69 Å². The van der Waals surface area contributed by atoms with Gasteiger partial charge in [0.2, 0.25) is 0 Å². The average molecular weight is 481 g/mol. The molecule has 0 unspecified atom stereocenters. The summed E-state index contributed by atoms with van der Waals surface area (Å²) in [6, 6.07) is 21.4. The minimum atomic E-state index is -1.04. The Morgan fingerprint density at radius 3 is 2.50 bits per heavy atom. The minimum Gasteiger partial charge on any atom is -0.478 e. The highest BCUT2D eigenvalue weighted by Gasteiger charge is 2.30. The molecule has 0 saturated heterocycles. The van der Waals surface area contributed by atoms with E-state index in [2.05, 4.69) is 27.3 Å². The molecule has 1 amide bonds. The van der Waals surface area contributed by atoms with Gasteiger partial charge in [-0.1, -0.05) is 40.2 Å². The molecule has 4 nitrogen and oxygen atoms in total. The minimum absolute atomic E-state index is 0.213. The largest absolute Gasteiger partial charge is 0.478 e. The summed E-state index contributed by atoms with van der Waals surface area (Å²) in [4.78, 5) is 17.7. The van der Waals surface area contributed by atoms with E-state index < -0.39 is 5.60 Å². The summed E-state index contributed by atoms with van der Waals surface area (Å²) in [5.41, 5.74) is 2.69. The van der Waals surface area contributed by atoms with Gasteiger partial charge in [0.1, 0.15) is 10.8 Å². The molecule has 0 spiro atoms. The summed E-state index contributed by atoms with van der Waals surface area (Å²) in [7, 11) is 0. The molecule has 4 rings (SSSR count). The predicted molar refractivity (Wildman–Crippen MR) is 127 cm³/mol. The lowest BCUT2D eigenvalue weighted by molar-refractivity contribution is -0.128. The Morgan fingerprint density at radius 2 is 1.77 bits per heavy atom. The van der Waals surface area contributed by atoms with Crippen molar-refractivity contribution in [2.75, 3.05) is 5.32 Å². The highest BCUT2D eigenvalue weighted by Crippen LogP contribution is 2.34. The number of ether oxygens (including phenoxy) is 1. The zero-order chi connectivity index (χ0) is 21.3. The van der Waals surface area contributed by atoms with E-state index >= 15 is 0 Å². The second-order valence-electron chi connectivity index (χ2n) is 7.49. The van der Waals surface area contributed by atoms with Crippen LogP contribution in [0.5, 0.6) is 5.75 Å². The summed E-state index contributed by atoms with van der Waals surface area (Å²) in [6.07, 6.45) is 0.